The van der Waals surface area contributed by atoms with Crippen molar-refractivity contribution < 1.29 is 24.1 Å². The lowest BCUT2D eigenvalue weighted by Crippen LogP contribution is -2.37. The molecule has 0 saturated carbocycles. The van der Waals surface area contributed by atoms with E-state index in [0.29, 0.717) is 42.4 Å². The number of amides is 1. The molecule has 0 spiro atoms. The van der Waals surface area contributed by atoms with Crippen molar-refractivity contribution in [3.05, 3.63) is 48.0 Å². The van der Waals surface area contributed by atoms with Crippen LogP contribution in [-0.2, 0) is 4.79 Å². The van der Waals surface area contributed by atoms with Crippen molar-refractivity contribution in [2.45, 2.75) is 18.9 Å². The maximum absolute atomic E-state index is 12.7. The zero-order valence-corrected chi connectivity index (χ0v) is 15.0. The first-order chi connectivity index (χ1) is 12.6. The molecule has 0 radical (unpaired) electrons. The maximum atomic E-state index is 12.7. The van der Waals surface area contributed by atoms with Gasteiger partial charge in [-0.1, -0.05) is 12.1 Å². The number of ether oxygens (including phenoxy) is 3. The molecule has 1 unspecified atom stereocenters. The first-order valence-electron chi connectivity index (χ1n) is 8.56. The van der Waals surface area contributed by atoms with Crippen molar-refractivity contribution in [3.63, 3.8) is 0 Å². The number of methoxy groups -OCH3 is 2. The minimum absolute atomic E-state index is 0.0349. The molecule has 1 aliphatic rings. The van der Waals surface area contributed by atoms with Crippen LogP contribution in [0.25, 0.3) is 0 Å². The molecule has 0 aromatic heterocycles. The van der Waals surface area contributed by atoms with E-state index in [-0.39, 0.29) is 12.3 Å². The number of hydrogen-bond donors (Lipinski definition) is 1. The molecule has 1 amide bonds. The van der Waals surface area contributed by atoms with Crippen LogP contribution in [0.1, 0.15) is 24.5 Å². The lowest BCUT2D eigenvalue weighted by Gasteiger charge is -2.29. The van der Waals surface area contributed by atoms with Crippen molar-refractivity contribution in [2.24, 2.45) is 0 Å². The Balaban J connectivity index is 1.67. The first-order valence-corrected chi connectivity index (χ1v) is 8.56. The molecule has 1 aliphatic heterocycles. The quantitative estimate of drug-likeness (QED) is 0.861. The van der Waals surface area contributed by atoms with Crippen LogP contribution in [-0.4, -0.2) is 38.4 Å². The third-order valence-electron chi connectivity index (χ3n) is 4.46. The minimum Gasteiger partial charge on any atom is -0.497 e. The van der Waals surface area contributed by atoms with Crippen LogP contribution in [0.15, 0.2) is 42.5 Å². The largest absolute Gasteiger partial charge is 0.497 e. The van der Waals surface area contributed by atoms with Gasteiger partial charge in [0, 0.05) is 18.1 Å². The molecule has 0 bridgehead atoms. The molecule has 2 aromatic rings. The van der Waals surface area contributed by atoms with Crippen LogP contribution in [0.3, 0.4) is 0 Å². The van der Waals surface area contributed by atoms with Gasteiger partial charge in [0.15, 0.2) is 0 Å². The van der Waals surface area contributed by atoms with E-state index in [2.05, 4.69) is 0 Å². The van der Waals surface area contributed by atoms with Gasteiger partial charge in [-0.2, -0.15) is 0 Å². The van der Waals surface area contributed by atoms with E-state index in [9.17, 15) is 9.90 Å². The van der Waals surface area contributed by atoms with E-state index in [1.54, 1.807) is 37.3 Å². The zero-order valence-electron chi connectivity index (χ0n) is 15.0. The summed E-state index contributed by atoms with van der Waals surface area (Å²) in [6, 6.07) is 12.7. The number of para-hydroxylation sites is 2. The van der Waals surface area contributed by atoms with Crippen molar-refractivity contribution in [3.8, 4) is 17.2 Å². The van der Waals surface area contributed by atoms with Gasteiger partial charge in [0.05, 0.1) is 32.6 Å². The highest BCUT2D eigenvalue weighted by molar-refractivity contribution is 5.95. The van der Waals surface area contributed by atoms with E-state index in [1.807, 2.05) is 24.3 Å². The van der Waals surface area contributed by atoms with Gasteiger partial charge in [-0.3, -0.25) is 4.79 Å². The second kappa shape index (κ2) is 8.10. The number of benzene rings is 2. The van der Waals surface area contributed by atoms with E-state index >= 15 is 0 Å². The van der Waals surface area contributed by atoms with Crippen LogP contribution in [0, 0.1) is 0 Å². The first kappa shape index (κ1) is 18.1. The molecule has 1 atom stereocenters. The average molecular weight is 357 g/mol. The lowest BCUT2D eigenvalue weighted by atomic mass is 10.0. The summed E-state index contributed by atoms with van der Waals surface area (Å²) in [6.07, 6.45) is -0.262. The molecule has 1 heterocycles. The van der Waals surface area contributed by atoms with Crippen molar-refractivity contribution in [2.75, 3.05) is 32.3 Å². The van der Waals surface area contributed by atoms with Crippen LogP contribution in [0.5, 0.6) is 17.2 Å². The summed E-state index contributed by atoms with van der Waals surface area (Å²) in [7, 11) is 3.12. The number of fused-ring (bicyclic) bond motifs is 1. The molecular formula is C20H23NO5. The molecule has 0 saturated heterocycles. The molecule has 138 valence electrons. The molecule has 3 rings (SSSR count). The van der Waals surface area contributed by atoms with E-state index in [4.69, 9.17) is 14.2 Å². The number of carbonyl (C=O) groups is 1. The van der Waals surface area contributed by atoms with Gasteiger partial charge >= 0.3 is 0 Å². The molecule has 0 fully saturated rings. The molecule has 6 heteroatoms. The molecule has 0 aliphatic carbocycles. The van der Waals surface area contributed by atoms with Gasteiger partial charge < -0.3 is 24.2 Å². The third-order valence-corrected chi connectivity index (χ3v) is 4.46. The Labute approximate surface area is 152 Å². The van der Waals surface area contributed by atoms with Crippen molar-refractivity contribution in [1.29, 1.82) is 0 Å². The molecular weight excluding hydrogens is 334 g/mol. The van der Waals surface area contributed by atoms with Gasteiger partial charge in [0.1, 0.15) is 23.9 Å². The van der Waals surface area contributed by atoms with Gasteiger partial charge in [-0.15, -0.1) is 0 Å². The number of hydrogen-bond acceptors (Lipinski definition) is 5. The fourth-order valence-electron chi connectivity index (χ4n) is 3.07. The molecule has 2 aromatic carbocycles. The van der Waals surface area contributed by atoms with E-state index < -0.39 is 6.10 Å². The van der Waals surface area contributed by atoms with E-state index in [1.165, 1.54) is 0 Å². The number of carbonyl (C=O) groups excluding carboxylic acids is 1. The lowest BCUT2D eigenvalue weighted by molar-refractivity contribution is -0.119. The number of rotatable bonds is 6. The number of nitrogens with zero attached hydrogens (tertiary/aromatic N) is 1. The maximum Gasteiger partial charge on any atom is 0.227 e. The van der Waals surface area contributed by atoms with Gasteiger partial charge in [0.2, 0.25) is 5.91 Å². The van der Waals surface area contributed by atoms with Crippen LogP contribution in [0.2, 0.25) is 0 Å². The predicted molar refractivity (Wildman–Crippen MR) is 98.0 cm³/mol. The highest BCUT2D eigenvalue weighted by Crippen LogP contribution is 2.34. The van der Waals surface area contributed by atoms with Crippen molar-refractivity contribution in [1.82, 2.24) is 0 Å². The Morgan fingerprint density at radius 3 is 2.81 bits per heavy atom. The summed E-state index contributed by atoms with van der Waals surface area (Å²) in [6.45, 7) is 0.982. The summed E-state index contributed by atoms with van der Waals surface area (Å²) >= 11 is 0. The molecule has 26 heavy (non-hydrogen) atoms. The molecule has 6 nitrogen and oxygen atoms in total. The average Bonchev–Trinajstić information content (AvgIpc) is 2.70. The summed E-state index contributed by atoms with van der Waals surface area (Å²) in [5.41, 5.74) is 1.42. The summed E-state index contributed by atoms with van der Waals surface area (Å²) < 4.78 is 16.1. The SMILES string of the molecule is COc1ccc(C(O)CCC(=O)N2CCOc3ccccc32)c(OC)c1. The van der Waals surface area contributed by atoms with Crippen LogP contribution in [0.4, 0.5) is 5.69 Å². The topological polar surface area (TPSA) is 68.2 Å². The summed E-state index contributed by atoms with van der Waals surface area (Å²) in [4.78, 5) is 14.4. The normalized spacial score (nSPS) is 14.2. The number of aliphatic hydroxyl groups is 1. The Hall–Kier alpha value is -2.73. The zero-order chi connectivity index (χ0) is 18.5. The molecule has 1 N–H and O–H groups in total. The van der Waals surface area contributed by atoms with Crippen LogP contribution >= 0.6 is 0 Å². The van der Waals surface area contributed by atoms with Gasteiger partial charge in [-0.05, 0) is 30.7 Å². The predicted octanol–water partition coefficient (Wildman–Crippen LogP) is 2.94. The fraction of sp³-hybridized carbons (Fsp3) is 0.350. The summed E-state index contributed by atoms with van der Waals surface area (Å²) in [5, 5.41) is 10.5. The minimum atomic E-state index is -0.795. The smallest absolute Gasteiger partial charge is 0.227 e. The van der Waals surface area contributed by atoms with Crippen molar-refractivity contribution >= 4 is 11.6 Å². The standard InChI is InChI=1S/C20H23NO5/c1-24-14-7-8-15(19(13-14)25-2)17(22)9-10-20(23)21-11-12-26-18-6-4-3-5-16(18)21/h3-8,13,17,22H,9-12H2,1-2H3. The van der Waals surface area contributed by atoms with Gasteiger partial charge in [0.25, 0.3) is 0 Å². The number of aliphatic hydroxyl groups excluding tert-OH is 1. The Morgan fingerprint density at radius 1 is 1.23 bits per heavy atom. The highest BCUT2D eigenvalue weighted by atomic mass is 16.5. The van der Waals surface area contributed by atoms with Crippen LogP contribution < -0.4 is 19.1 Å². The Bertz CT molecular complexity index is 777. The van der Waals surface area contributed by atoms with E-state index in [0.717, 1.165) is 5.69 Å². The summed E-state index contributed by atoms with van der Waals surface area (Å²) in [5.74, 6) is 1.87. The Morgan fingerprint density at radius 2 is 2.04 bits per heavy atom. The second-order valence-electron chi connectivity index (χ2n) is 6.02. The van der Waals surface area contributed by atoms with Gasteiger partial charge in [-0.25, -0.2) is 0 Å². The Kier molecular flexibility index (Phi) is 5.63. The second-order valence-corrected chi connectivity index (χ2v) is 6.02. The third kappa shape index (κ3) is 3.75. The number of anilines is 1. The highest BCUT2D eigenvalue weighted by Gasteiger charge is 2.24. The monoisotopic (exact) mass is 357 g/mol. The fourth-order valence-corrected chi connectivity index (χ4v) is 3.07.